The number of rotatable bonds is 2. The van der Waals surface area contributed by atoms with Crippen LogP contribution < -0.4 is 0 Å². The molecule has 2 heteroatoms. The Bertz CT molecular complexity index is 476. The summed E-state index contributed by atoms with van der Waals surface area (Å²) in [5, 5.41) is 9.26. The van der Waals surface area contributed by atoms with Gasteiger partial charge in [-0.1, -0.05) is 37.3 Å². The molecule has 16 heavy (non-hydrogen) atoms. The first-order valence-corrected chi connectivity index (χ1v) is 6.29. The molecule has 1 atom stereocenters. The van der Waals surface area contributed by atoms with Crippen molar-refractivity contribution in [2.24, 2.45) is 0 Å². The highest BCUT2D eigenvalue weighted by Crippen LogP contribution is 2.28. The minimum atomic E-state index is 0.318. The van der Waals surface area contributed by atoms with Gasteiger partial charge in [-0.3, -0.25) is 0 Å². The smallest absolute Gasteiger partial charge is 0.115 e. The van der Waals surface area contributed by atoms with E-state index in [0.29, 0.717) is 11.7 Å². The Morgan fingerprint density at radius 2 is 1.62 bits per heavy atom. The molecule has 0 saturated heterocycles. The van der Waals surface area contributed by atoms with Crippen LogP contribution in [0, 0.1) is 3.57 Å². The van der Waals surface area contributed by atoms with E-state index >= 15 is 0 Å². The monoisotopic (exact) mass is 324 g/mol. The van der Waals surface area contributed by atoms with E-state index in [4.69, 9.17) is 0 Å². The maximum absolute atomic E-state index is 9.26. The van der Waals surface area contributed by atoms with Gasteiger partial charge in [-0.05, 0) is 51.9 Å². The summed E-state index contributed by atoms with van der Waals surface area (Å²) in [7, 11) is 0. The highest BCUT2D eigenvalue weighted by atomic mass is 127. The molecule has 0 radical (unpaired) electrons. The van der Waals surface area contributed by atoms with Crippen molar-refractivity contribution in [3.63, 3.8) is 0 Å². The van der Waals surface area contributed by atoms with Crippen molar-refractivity contribution >= 4 is 22.6 Å². The van der Waals surface area contributed by atoms with Crippen LogP contribution in [0.2, 0.25) is 0 Å². The normalized spacial score (nSPS) is 12.4. The molecule has 0 heterocycles. The number of phenols is 1. The molecule has 0 spiro atoms. The van der Waals surface area contributed by atoms with E-state index in [-0.39, 0.29) is 0 Å². The summed E-state index contributed by atoms with van der Waals surface area (Å²) in [5.74, 6) is 0.674. The Morgan fingerprint density at radius 3 is 2.25 bits per heavy atom. The molecule has 82 valence electrons. The van der Waals surface area contributed by atoms with Gasteiger partial charge in [0.2, 0.25) is 0 Å². The van der Waals surface area contributed by atoms with E-state index in [2.05, 4.69) is 53.8 Å². The largest absolute Gasteiger partial charge is 0.508 e. The van der Waals surface area contributed by atoms with Crippen molar-refractivity contribution in [2.45, 2.75) is 12.8 Å². The fraction of sp³-hybridized carbons (Fsp3) is 0.143. The van der Waals surface area contributed by atoms with Crippen molar-refractivity contribution in [1.29, 1.82) is 0 Å². The summed E-state index contributed by atoms with van der Waals surface area (Å²) in [5.41, 5.74) is 2.55. The van der Waals surface area contributed by atoms with Gasteiger partial charge in [-0.2, -0.15) is 0 Å². The minimum absolute atomic E-state index is 0.318. The topological polar surface area (TPSA) is 20.2 Å². The number of phenolic OH excluding ortho intramolecular Hbond substituents is 1. The van der Waals surface area contributed by atoms with Crippen molar-refractivity contribution in [3.8, 4) is 5.75 Å². The molecule has 1 unspecified atom stereocenters. The summed E-state index contributed by atoms with van der Waals surface area (Å²) in [6, 6.07) is 15.8. The highest BCUT2D eigenvalue weighted by Gasteiger charge is 2.10. The highest BCUT2D eigenvalue weighted by molar-refractivity contribution is 14.1. The fourth-order valence-electron chi connectivity index (χ4n) is 1.77. The Kier molecular flexibility index (Phi) is 3.49. The molecule has 0 fully saturated rings. The summed E-state index contributed by atoms with van der Waals surface area (Å²) in [4.78, 5) is 0. The minimum Gasteiger partial charge on any atom is -0.508 e. The van der Waals surface area contributed by atoms with E-state index in [9.17, 15) is 5.11 Å². The number of aromatic hydroxyl groups is 1. The van der Waals surface area contributed by atoms with Crippen LogP contribution in [0.4, 0.5) is 0 Å². The van der Waals surface area contributed by atoms with Crippen LogP contribution in [0.1, 0.15) is 24.0 Å². The van der Waals surface area contributed by atoms with Crippen molar-refractivity contribution in [1.82, 2.24) is 0 Å². The van der Waals surface area contributed by atoms with Gasteiger partial charge in [-0.25, -0.2) is 0 Å². The van der Waals surface area contributed by atoms with Gasteiger partial charge < -0.3 is 5.11 Å². The molecule has 0 amide bonds. The predicted molar refractivity (Wildman–Crippen MR) is 74.8 cm³/mol. The molecule has 0 saturated carbocycles. The Balaban J connectivity index is 2.35. The second kappa shape index (κ2) is 4.87. The maximum Gasteiger partial charge on any atom is 0.115 e. The molecule has 0 bridgehead atoms. The van der Waals surface area contributed by atoms with Gasteiger partial charge in [0.25, 0.3) is 0 Å². The van der Waals surface area contributed by atoms with Crippen LogP contribution in [0.15, 0.2) is 48.5 Å². The first kappa shape index (κ1) is 11.5. The lowest BCUT2D eigenvalue weighted by atomic mass is 9.93. The van der Waals surface area contributed by atoms with Crippen LogP contribution in [-0.2, 0) is 0 Å². The average molecular weight is 324 g/mol. The van der Waals surface area contributed by atoms with Gasteiger partial charge in [0.05, 0.1) is 0 Å². The summed E-state index contributed by atoms with van der Waals surface area (Å²) >= 11 is 2.36. The number of halogens is 1. The third-order valence-corrected chi connectivity index (χ3v) is 3.75. The Hall–Kier alpha value is -1.03. The van der Waals surface area contributed by atoms with Gasteiger partial charge in [0.15, 0.2) is 0 Å². The molecule has 0 aliphatic heterocycles. The lowest BCUT2D eigenvalue weighted by Crippen LogP contribution is -1.97. The Labute approximate surface area is 109 Å². The molecule has 0 aromatic heterocycles. The zero-order chi connectivity index (χ0) is 11.5. The summed E-state index contributed by atoms with van der Waals surface area (Å²) in [6.45, 7) is 2.18. The van der Waals surface area contributed by atoms with E-state index in [0.717, 1.165) is 0 Å². The van der Waals surface area contributed by atoms with E-state index < -0.39 is 0 Å². The average Bonchev–Trinajstić information content (AvgIpc) is 2.30. The molecule has 2 aromatic rings. The first-order chi connectivity index (χ1) is 7.68. The second-order valence-electron chi connectivity index (χ2n) is 3.83. The molecule has 0 aliphatic rings. The maximum atomic E-state index is 9.26. The molecule has 2 rings (SSSR count). The third kappa shape index (κ3) is 2.38. The molecule has 2 aromatic carbocycles. The van der Waals surface area contributed by atoms with Crippen molar-refractivity contribution in [3.05, 3.63) is 63.2 Å². The number of hydrogen-bond acceptors (Lipinski definition) is 1. The van der Waals surface area contributed by atoms with Crippen LogP contribution in [0.5, 0.6) is 5.75 Å². The molecule has 1 N–H and O–H groups in total. The van der Waals surface area contributed by atoms with Gasteiger partial charge in [0, 0.05) is 9.49 Å². The predicted octanol–water partition coefficient (Wildman–Crippen LogP) is 4.15. The lowest BCUT2D eigenvalue weighted by Gasteiger charge is -2.14. The second-order valence-corrected chi connectivity index (χ2v) is 5.00. The molecular weight excluding hydrogens is 311 g/mol. The van der Waals surface area contributed by atoms with E-state index in [1.54, 1.807) is 12.1 Å². The van der Waals surface area contributed by atoms with E-state index in [1.165, 1.54) is 14.7 Å². The summed E-state index contributed by atoms with van der Waals surface area (Å²) in [6.07, 6.45) is 0. The van der Waals surface area contributed by atoms with Crippen molar-refractivity contribution in [2.75, 3.05) is 0 Å². The summed E-state index contributed by atoms with van der Waals surface area (Å²) < 4.78 is 1.28. The number of benzene rings is 2. The van der Waals surface area contributed by atoms with Crippen LogP contribution in [-0.4, -0.2) is 5.11 Å². The Morgan fingerprint density at radius 1 is 1.00 bits per heavy atom. The molecular formula is C14H13IO. The third-order valence-electron chi connectivity index (χ3n) is 2.76. The van der Waals surface area contributed by atoms with Gasteiger partial charge >= 0.3 is 0 Å². The molecule has 1 nitrogen and oxygen atoms in total. The van der Waals surface area contributed by atoms with E-state index in [1.807, 2.05) is 12.1 Å². The van der Waals surface area contributed by atoms with Crippen LogP contribution >= 0.6 is 22.6 Å². The quantitative estimate of drug-likeness (QED) is 0.823. The van der Waals surface area contributed by atoms with Crippen LogP contribution in [0.3, 0.4) is 0 Å². The zero-order valence-electron chi connectivity index (χ0n) is 9.02. The SMILES string of the molecule is CC(c1ccc(O)cc1)c1ccccc1I. The zero-order valence-corrected chi connectivity index (χ0v) is 11.2. The fourth-order valence-corrected chi connectivity index (χ4v) is 2.62. The first-order valence-electron chi connectivity index (χ1n) is 5.22. The standard InChI is InChI=1S/C14H13IO/c1-10(11-6-8-12(16)9-7-11)13-4-2-3-5-14(13)15/h2-10,16H,1H3. The van der Waals surface area contributed by atoms with Crippen molar-refractivity contribution < 1.29 is 5.11 Å². The van der Waals surface area contributed by atoms with Gasteiger partial charge in [0.1, 0.15) is 5.75 Å². The van der Waals surface area contributed by atoms with Gasteiger partial charge in [-0.15, -0.1) is 0 Å². The number of hydrogen-bond donors (Lipinski definition) is 1. The van der Waals surface area contributed by atoms with Crippen LogP contribution in [0.25, 0.3) is 0 Å². The molecule has 0 aliphatic carbocycles. The lowest BCUT2D eigenvalue weighted by molar-refractivity contribution is 0.475.